The van der Waals surface area contributed by atoms with Gasteiger partial charge >= 0.3 is 0 Å². The van der Waals surface area contributed by atoms with E-state index in [4.69, 9.17) is 24.7 Å². The zero-order valence-electron chi connectivity index (χ0n) is 43.9. The van der Waals surface area contributed by atoms with Crippen LogP contribution in [0.15, 0.2) is 145 Å². The second-order valence-electron chi connectivity index (χ2n) is 9.02. The van der Waals surface area contributed by atoms with Gasteiger partial charge in [-0.25, -0.2) is 0 Å². The minimum Gasteiger partial charge on any atom is -0.0622 e. The molecule has 39 heavy (non-hydrogen) atoms. The van der Waals surface area contributed by atoms with Crippen molar-refractivity contribution in [3.8, 4) is 22.3 Å². The van der Waals surface area contributed by atoms with Crippen molar-refractivity contribution in [3.05, 3.63) is 190 Å². The van der Waals surface area contributed by atoms with E-state index < -0.39 is 219 Å². The summed E-state index contributed by atoms with van der Waals surface area (Å²) in [4.78, 5) is 0. The van der Waals surface area contributed by atoms with Crippen LogP contribution >= 0.6 is 0 Å². The second kappa shape index (κ2) is 8.68. The molecule has 0 radical (unpaired) electrons. The van der Waals surface area contributed by atoms with Gasteiger partial charge in [-0.1, -0.05) is 145 Å². The molecule has 0 fully saturated rings. The molecule has 0 heterocycles. The third-order valence-corrected chi connectivity index (χ3v) is 6.97. The molecule has 0 unspecified atom stereocenters. The Kier molecular flexibility index (Phi) is 1.99. The first-order chi connectivity index (χ1) is 29.3. The number of rotatable bonds is 3. The molecule has 2 aliphatic carbocycles. The summed E-state index contributed by atoms with van der Waals surface area (Å²) in [5, 5.41) is 0. The molecule has 6 aromatic rings. The first-order valence-corrected chi connectivity index (χ1v) is 11.9. The molecule has 0 nitrogen and oxygen atoms in total. The summed E-state index contributed by atoms with van der Waals surface area (Å²) >= 11 is 0. The number of fused-ring (bicyclic) bond motifs is 9. The van der Waals surface area contributed by atoms with Crippen LogP contribution in [0.25, 0.3) is 22.3 Å². The highest BCUT2D eigenvalue weighted by atomic mass is 14.5. The van der Waals surface area contributed by atoms with Crippen molar-refractivity contribution in [1.29, 1.82) is 0 Å². The first-order valence-electron chi connectivity index (χ1n) is 23.9. The van der Waals surface area contributed by atoms with Crippen LogP contribution in [0.4, 0.5) is 0 Å². The van der Waals surface area contributed by atoms with Crippen LogP contribution in [0.2, 0.25) is 0 Å². The van der Waals surface area contributed by atoms with Gasteiger partial charge in [-0.3, -0.25) is 0 Å². The molecule has 1 spiro atoms. The summed E-state index contributed by atoms with van der Waals surface area (Å²) in [5.74, 6) is 0. The third kappa shape index (κ3) is 3.31. The van der Waals surface area contributed by atoms with E-state index in [0.29, 0.717) is 0 Å². The fraction of sp³-hybridized carbons (Fsp3) is 0.0769. The molecule has 0 aliphatic heterocycles. The van der Waals surface area contributed by atoms with Gasteiger partial charge in [0.1, 0.15) is 0 Å². The monoisotopic (exact) mass is 520 g/mol. The summed E-state index contributed by atoms with van der Waals surface area (Å²) in [6.45, 7) is 0. The first kappa shape index (κ1) is 8.93. The van der Waals surface area contributed by atoms with Crippen LogP contribution in [0, 0.1) is 0 Å². The molecule has 0 N–H and O–H groups in total. The molecule has 2 aliphatic rings. The van der Waals surface area contributed by atoms with Gasteiger partial charge < -0.3 is 0 Å². The van der Waals surface area contributed by atoms with E-state index >= 15 is 0 Å². The van der Waals surface area contributed by atoms with Crippen molar-refractivity contribution < 1.29 is 32.9 Å². The molecular weight excluding hydrogens is 468 g/mol. The Morgan fingerprint density at radius 1 is 0.462 bits per heavy atom. The summed E-state index contributed by atoms with van der Waals surface area (Å²) in [5.41, 5.74) is -8.15. The van der Waals surface area contributed by atoms with E-state index in [1.807, 2.05) is 0 Å². The van der Waals surface area contributed by atoms with E-state index in [2.05, 4.69) is 0 Å². The smallest absolute Gasteiger partial charge is 0.0622 e. The van der Waals surface area contributed by atoms with Crippen LogP contribution in [-0.2, 0) is 18.3 Å². The Bertz CT molecular complexity index is 3040. The maximum Gasteiger partial charge on any atom is 0.0719 e. The standard InChI is InChI=1S/C39H28/c1-2-10-29(11-3-1)30-21-18-27(19-22-30)24-28-20-23-32-26-31-12-4-7-15-35(31)39(38(32)25-28)36-16-8-5-13-33(36)34-14-6-9-17-37(34)39/h1-23,25H,24,26H2/i1D,2D,3D,4D,5D,6D,7D,8D,9D,10D,11D,12D,13D,14D,15D,16D,17D,18D,19D,20D,21D,22D,23D,25D. The highest BCUT2D eigenvalue weighted by molar-refractivity contribution is 5.87. The van der Waals surface area contributed by atoms with Crippen molar-refractivity contribution >= 4 is 0 Å². The molecule has 0 amide bonds. The Balaban J connectivity index is 1.55. The highest BCUT2D eigenvalue weighted by Gasteiger charge is 2.49. The van der Waals surface area contributed by atoms with Gasteiger partial charge in [0, 0.05) is 0 Å². The van der Waals surface area contributed by atoms with Crippen LogP contribution in [-0.4, -0.2) is 0 Å². The van der Waals surface area contributed by atoms with E-state index in [-0.39, 0.29) is 11.1 Å². The lowest BCUT2D eigenvalue weighted by atomic mass is 9.61. The maximum absolute atomic E-state index is 9.93. The molecular formula is C39H28. The highest BCUT2D eigenvalue weighted by Crippen LogP contribution is 2.59. The fourth-order valence-electron chi connectivity index (χ4n) is 5.40. The molecule has 184 valence electrons. The molecule has 0 aromatic heterocycles. The van der Waals surface area contributed by atoms with Crippen LogP contribution in [0.3, 0.4) is 0 Å². The molecule has 0 saturated heterocycles. The van der Waals surface area contributed by atoms with Crippen LogP contribution in [0.1, 0.15) is 77.4 Å². The van der Waals surface area contributed by atoms with Crippen molar-refractivity contribution in [2.24, 2.45) is 0 Å². The minimum absolute atomic E-state index is 0.241. The van der Waals surface area contributed by atoms with Crippen molar-refractivity contribution in [3.63, 3.8) is 0 Å². The summed E-state index contributed by atoms with van der Waals surface area (Å²) in [6, 6.07) is -19.0. The Morgan fingerprint density at radius 3 is 1.72 bits per heavy atom. The van der Waals surface area contributed by atoms with Gasteiger partial charge in [0.05, 0.1) is 38.3 Å². The van der Waals surface area contributed by atoms with Crippen molar-refractivity contribution in [1.82, 2.24) is 0 Å². The topological polar surface area (TPSA) is 0 Å². The van der Waals surface area contributed by atoms with E-state index in [1.54, 1.807) is 0 Å². The predicted molar refractivity (Wildman–Crippen MR) is 161 cm³/mol. The lowest BCUT2D eigenvalue weighted by molar-refractivity contribution is 0.720. The lowest BCUT2D eigenvalue weighted by Gasteiger charge is -2.40. The van der Waals surface area contributed by atoms with Crippen LogP contribution < -0.4 is 0 Å². The molecule has 0 bridgehead atoms. The Labute approximate surface area is 264 Å². The van der Waals surface area contributed by atoms with Gasteiger partial charge in [0.2, 0.25) is 0 Å². The zero-order valence-corrected chi connectivity index (χ0v) is 19.9. The van der Waals surface area contributed by atoms with Gasteiger partial charge in [0.15, 0.2) is 0 Å². The SMILES string of the molecule is [2H]c1c([2H])c([2H])c(-c2c([2H])c([2H])c(Cc3c([2H])c([2H])c4c(c3[2H])C3(c5c([2H])c([2H])c([2H])c([2H])c5C4)c4c([2H])c([2H])c([2H])c([2H])c4-c4c([2H])c([2H])c([2H])c([2H])c43)c([2H])c2[2H])c([2H])c1[2H]. The van der Waals surface area contributed by atoms with Gasteiger partial charge in [-0.05, 0) is 79.6 Å². The molecule has 0 atom stereocenters. The molecule has 6 aromatic carbocycles. The number of hydrogen-bond donors (Lipinski definition) is 0. The van der Waals surface area contributed by atoms with Gasteiger partial charge in [-0.2, -0.15) is 0 Å². The van der Waals surface area contributed by atoms with Crippen molar-refractivity contribution in [2.45, 2.75) is 18.3 Å². The van der Waals surface area contributed by atoms with E-state index in [0.717, 1.165) is 0 Å². The second-order valence-corrected chi connectivity index (χ2v) is 9.02. The maximum atomic E-state index is 9.93. The Hall–Kier alpha value is -4.68. The third-order valence-electron chi connectivity index (χ3n) is 6.97. The Morgan fingerprint density at radius 2 is 1.00 bits per heavy atom. The van der Waals surface area contributed by atoms with Gasteiger partial charge in [0.25, 0.3) is 0 Å². The average molecular weight is 521 g/mol. The van der Waals surface area contributed by atoms with E-state index in [1.165, 1.54) is 0 Å². The van der Waals surface area contributed by atoms with E-state index in [9.17, 15) is 8.22 Å². The minimum atomic E-state index is -2.63. The number of hydrogen-bond acceptors (Lipinski definition) is 0. The van der Waals surface area contributed by atoms with Crippen molar-refractivity contribution in [2.75, 3.05) is 0 Å². The number of benzene rings is 6. The summed E-state index contributed by atoms with van der Waals surface area (Å²) in [7, 11) is 0. The molecule has 0 saturated carbocycles. The van der Waals surface area contributed by atoms with Crippen LogP contribution in [0.5, 0.6) is 0 Å². The molecule has 8 rings (SSSR count). The normalized spacial score (nSPS) is 22.5. The molecule has 0 heteroatoms. The predicted octanol–water partition coefficient (Wildman–Crippen LogP) is 9.21. The average Bonchev–Trinajstić information content (AvgIpc) is 3.56. The quantitative estimate of drug-likeness (QED) is 0.218. The summed E-state index contributed by atoms with van der Waals surface area (Å²) in [6.07, 6.45) is -1.39. The largest absolute Gasteiger partial charge is 0.0719 e. The fourth-order valence-corrected chi connectivity index (χ4v) is 5.40. The van der Waals surface area contributed by atoms with Gasteiger partial charge in [-0.15, -0.1) is 0 Å². The lowest BCUT2D eigenvalue weighted by Crippen LogP contribution is -2.34. The zero-order chi connectivity index (χ0) is 46.7. The summed E-state index contributed by atoms with van der Waals surface area (Å²) < 4.78 is 213.